The molecule has 0 saturated heterocycles. The number of nitrogens with zero attached hydrogens (tertiary/aromatic N) is 3. The Balaban J connectivity index is 1.89. The second kappa shape index (κ2) is 5.28. The summed E-state index contributed by atoms with van der Waals surface area (Å²) in [6.07, 6.45) is 0. The van der Waals surface area contributed by atoms with Gasteiger partial charge in [0, 0.05) is 11.1 Å². The van der Waals surface area contributed by atoms with Gasteiger partial charge in [-0.25, -0.2) is 4.39 Å². The summed E-state index contributed by atoms with van der Waals surface area (Å²) in [5.74, 6) is 0.125. The Morgan fingerprint density at radius 1 is 0.870 bits per heavy atom. The number of hydrogen-bond donors (Lipinski definition) is 0. The van der Waals surface area contributed by atoms with Gasteiger partial charge in [-0.15, -0.1) is 10.2 Å². The third-order valence-electron chi connectivity index (χ3n) is 3.60. The lowest BCUT2D eigenvalue weighted by Crippen LogP contribution is -1.88. The van der Waals surface area contributed by atoms with E-state index < -0.39 is 5.82 Å². The van der Waals surface area contributed by atoms with Crippen LogP contribution in [0.25, 0.3) is 33.8 Å². The molecule has 2 heterocycles. The number of pyridine rings is 1. The fourth-order valence-corrected chi connectivity index (χ4v) is 2.56. The standard InChI is InChI=1S/C18H12FN3O/c1-11-10-14(12-6-3-5-9-16(12)20-11)18-22-21-17(23-18)13-7-2-4-8-15(13)19/h2-10H,1H3. The maximum atomic E-state index is 13.9. The van der Waals surface area contributed by atoms with Crippen molar-refractivity contribution in [3.63, 3.8) is 0 Å². The van der Waals surface area contributed by atoms with Gasteiger partial charge in [0.25, 0.3) is 5.89 Å². The minimum atomic E-state index is -0.390. The average molecular weight is 305 g/mol. The number of benzene rings is 2. The second-order valence-electron chi connectivity index (χ2n) is 5.22. The number of hydrogen-bond acceptors (Lipinski definition) is 4. The molecule has 0 fully saturated rings. The van der Waals surface area contributed by atoms with E-state index in [1.807, 2.05) is 37.3 Å². The van der Waals surface area contributed by atoms with Crippen molar-refractivity contribution in [2.24, 2.45) is 0 Å². The first-order chi connectivity index (χ1) is 11.2. The van der Waals surface area contributed by atoms with E-state index in [9.17, 15) is 4.39 Å². The molecule has 4 rings (SSSR count). The third-order valence-corrected chi connectivity index (χ3v) is 3.60. The quantitative estimate of drug-likeness (QED) is 0.551. The summed E-state index contributed by atoms with van der Waals surface area (Å²) in [5, 5.41) is 8.99. The normalized spacial score (nSPS) is 11.0. The summed E-state index contributed by atoms with van der Waals surface area (Å²) in [6.45, 7) is 1.91. The van der Waals surface area contributed by atoms with Gasteiger partial charge in [-0.1, -0.05) is 30.3 Å². The van der Waals surface area contributed by atoms with Gasteiger partial charge in [0.15, 0.2) is 0 Å². The first kappa shape index (κ1) is 13.6. The largest absolute Gasteiger partial charge is 0.416 e. The van der Waals surface area contributed by atoms with Gasteiger partial charge in [0.2, 0.25) is 5.89 Å². The highest BCUT2D eigenvalue weighted by Gasteiger charge is 2.16. The molecule has 0 aliphatic carbocycles. The lowest BCUT2D eigenvalue weighted by molar-refractivity contribution is 0.571. The zero-order valence-electron chi connectivity index (χ0n) is 12.3. The fraction of sp³-hybridized carbons (Fsp3) is 0.0556. The first-order valence-corrected chi connectivity index (χ1v) is 7.17. The molecule has 0 atom stereocenters. The summed E-state index contributed by atoms with van der Waals surface area (Å²) in [4.78, 5) is 4.49. The van der Waals surface area contributed by atoms with Crippen LogP contribution in [0.15, 0.2) is 59.0 Å². The number of aryl methyl sites for hydroxylation is 1. The lowest BCUT2D eigenvalue weighted by atomic mass is 10.1. The van der Waals surface area contributed by atoms with Crippen molar-refractivity contribution in [2.45, 2.75) is 6.92 Å². The zero-order valence-corrected chi connectivity index (χ0v) is 12.3. The van der Waals surface area contributed by atoms with Crippen molar-refractivity contribution in [3.05, 3.63) is 66.1 Å². The third kappa shape index (κ3) is 2.36. The molecular weight excluding hydrogens is 293 g/mol. The van der Waals surface area contributed by atoms with E-state index in [1.54, 1.807) is 18.2 Å². The lowest BCUT2D eigenvalue weighted by Gasteiger charge is -2.04. The Morgan fingerprint density at radius 2 is 1.57 bits per heavy atom. The van der Waals surface area contributed by atoms with Gasteiger partial charge in [0.1, 0.15) is 5.82 Å². The molecule has 2 aromatic heterocycles. The van der Waals surface area contributed by atoms with Crippen LogP contribution in [0.1, 0.15) is 5.69 Å². The van der Waals surface area contributed by atoms with Crippen molar-refractivity contribution in [2.75, 3.05) is 0 Å². The molecule has 0 aliphatic rings. The van der Waals surface area contributed by atoms with Crippen molar-refractivity contribution < 1.29 is 8.81 Å². The molecule has 0 saturated carbocycles. The summed E-state index contributed by atoms with van der Waals surface area (Å²) >= 11 is 0. The Hall–Kier alpha value is -3.08. The average Bonchev–Trinajstić information content (AvgIpc) is 3.04. The second-order valence-corrected chi connectivity index (χ2v) is 5.22. The van der Waals surface area contributed by atoms with E-state index in [0.717, 1.165) is 22.2 Å². The maximum absolute atomic E-state index is 13.9. The van der Waals surface area contributed by atoms with Gasteiger partial charge < -0.3 is 4.42 Å². The molecule has 0 N–H and O–H groups in total. The minimum Gasteiger partial charge on any atom is -0.416 e. The van der Waals surface area contributed by atoms with E-state index in [2.05, 4.69) is 15.2 Å². The molecule has 0 unspecified atom stereocenters. The van der Waals surface area contributed by atoms with Crippen molar-refractivity contribution in [1.82, 2.24) is 15.2 Å². The molecule has 2 aromatic carbocycles. The van der Waals surface area contributed by atoms with E-state index in [1.165, 1.54) is 6.07 Å². The molecule has 0 spiro atoms. The summed E-state index contributed by atoms with van der Waals surface area (Å²) in [5.41, 5.74) is 2.79. The predicted molar refractivity (Wildman–Crippen MR) is 85.2 cm³/mol. The Morgan fingerprint density at radius 3 is 2.39 bits per heavy atom. The molecule has 5 heteroatoms. The van der Waals surface area contributed by atoms with Crippen LogP contribution >= 0.6 is 0 Å². The maximum Gasteiger partial charge on any atom is 0.251 e. The van der Waals surface area contributed by atoms with E-state index in [-0.39, 0.29) is 5.89 Å². The smallest absolute Gasteiger partial charge is 0.251 e. The molecule has 4 nitrogen and oxygen atoms in total. The highest BCUT2D eigenvalue weighted by molar-refractivity contribution is 5.92. The van der Waals surface area contributed by atoms with Crippen LogP contribution in [0.3, 0.4) is 0 Å². The van der Waals surface area contributed by atoms with Gasteiger partial charge in [0.05, 0.1) is 16.6 Å². The molecular formula is C18H12FN3O. The van der Waals surface area contributed by atoms with Crippen molar-refractivity contribution in [1.29, 1.82) is 0 Å². The number of rotatable bonds is 2. The summed E-state index contributed by atoms with van der Waals surface area (Å²) in [7, 11) is 0. The van der Waals surface area contributed by atoms with Crippen LogP contribution in [-0.2, 0) is 0 Å². The highest BCUT2D eigenvalue weighted by atomic mass is 19.1. The number of fused-ring (bicyclic) bond motifs is 1. The predicted octanol–water partition coefficient (Wildman–Crippen LogP) is 4.40. The van der Waals surface area contributed by atoms with Crippen LogP contribution in [0, 0.1) is 12.7 Å². The SMILES string of the molecule is Cc1cc(-c2nnc(-c3ccccc3F)o2)c2ccccc2n1. The molecule has 4 aromatic rings. The highest BCUT2D eigenvalue weighted by Crippen LogP contribution is 2.30. The number of aromatic nitrogens is 3. The molecule has 0 bridgehead atoms. The van der Waals surface area contributed by atoms with Crippen molar-refractivity contribution in [3.8, 4) is 22.9 Å². The Kier molecular flexibility index (Phi) is 3.12. The number of halogens is 1. The Labute approximate surface area is 131 Å². The van der Waals surface area contributed by atoms with Crippen LogP contribution in [-0.4, -0.2) is 15.2 Å². The summed E-state index contributed by atoms with van der Waals surface area (Å²) in [6, 6.07) is 16.0. The zero-order chi connectivity index (χ0) is 15.8. The van der Waals surface area contributed by atoms with Crippen LogP contribution in [0.5, 0.6) is 0 Å². The van der Waals surface area contributed by atoms with Crippen LogP contribution < -0.4 is 0 Å². The van der Waals surface area contributed by atoms with E-state index in [4.69, 9.17) is 4.42 Å². The monoisotopic (exact) mass is 305 g/mol. The molecule has 0 amide bonds. The van der Waals surface area contributed by atoms with E-state index >= 15 is 0 Å². The van der Waals surface area contributed by atoms with E-state index in [0.29, 0.717) is 11.5 Å². The van der Waals surface area contributed by atoms with Gasteiger partial charge >= 0.3 is 0 Å². The first-order valence-electron chi connectivity index (χ1n) is 7.17. The number of para-hydroxylation sites is 1. The van der Waals surface area contributed by atoms with Gasteiger partial charge in [-0.05, 0) is 31.2 Å². The summed E-state index contributed by atoms with van der Waals surface area (Å²) < 4.78 is 19.6. The van der Waals surface area contributed by atoms with Crippen LogP contribution in [0.2, 0.25) is 0 Å². The molecule has 23 heavy (non-hydrogen) atoms. The van der Waals surface area contributed by atoms with Gasteiger partial charge in [-0.2, -0.15) is 0 Å². The molecule has 0 radical (unpaired) electrons. The van der Waals surface area contributed by atoms with Crippen molar-refractivity contribution >= 4 is 10.9 Å². The van der Waals surface area contributed by atoms with Crippen LogP contribution in [0.4, 0.5) is 4.39 Å². The molecule has 0 aliphatic heterocycles. The minimum absolute atomic E-state index is 0.164. The Bertz CT molecular complexity index is 1010. The fourth-order valence-electron chi connectivity index (χ4n) is 2.56. The van der Waals surface area contributed by atoms with Gasteiger partial charge in [-0.3, -0.25) is 4.98 Å². The topological polar surface area (TPSA) is 51.8 Å². The molecule has 112 valence electrons.